The van der Waals surface area contributed by atoms with Crippen LogP contribution in [-0.2, 0) is 6.54 Å². The molecule has 124 valence electrons. The van der Waals surface area contributed by atoms with Crippen molar-refractivity contribution in [2.24, 2.45) is 4.99 Å². The fourth-order valence-corrected chi connectivity index (χ4v) is 2.65. The van der Waals surface area contributed by atoms with E-state index in [9.17, 15) is 0 Å². The summed E-state index contributed by atoms with van der Waals surface area (Å²) < 4.78 is 4.96. The fourth-order valence-electron chi connectivity index (χ4n) is 2.65. The van der Waals surface area contributed by atoms with Crippen molar-refractivity contribution in [2.45, 2.75) is 52.1 Å². The molecule has 7 heteroatoms. The van der Waals surface area contributed by atoms with Crippen LogP contribution in [0.1, 0.15) is 44.3 Å². The Balaban J connectivity index is 1.70. The zero-order chi connectivity index (χ0) is 15.8. The maximum Gasteiger partial charge on any atom is 0.223 e. The topological polar surface area (TPSA) is 78.6 Å². The average Bonchev–Trinajstić information content (AvgIpc) is 2.96. The number of aliphatic imine (C=N–C) groups is 1. The Morgan fingerprint density at radius 3 is 2.77 bits per heavy atom. The predicted molar refractivity (Wildman–Crippen MR) is 86.7 cm³/mol. The number of rotatable bonds is 6. The van der Waals surface area contributed by atoms with E-state index in [4.69, 9.17) is 4.52 Å². The van der Waals surface area contributed by atoms with Crippen molar-refractivity contribution in [3.05, 3.63) is 11.7 Å². The maximum atomic E-state index is 4.96. The van der Waals surface area contributed by atoms with Crippen molar-refractivity contribution in [3.8, 4) is 0 Å². The molecular formula is C15H28N6O. The largest absolute Gasteiger partial charge is 0.354 e. The number of aryl methyl sites for hydroxylation is 1. The van der Waals surface area contributed by atoms with E-state index < -0.39 is 0 Å². The van der Waals surface area contributed by atoms with Crippen molar-refractivity contribution >= 4 is 5.96 Å². The van der Waals surface area contributed by atoms with E-state index in [-0.39, 0.29) is 0 Å². The summed E-state index contributed by atoms with van der Waals surface area (Å²) in [5.41, 5.74) is 0. The quantitative estimate of drug-likeness (QED) is 0.609. The van der Waals surface area contributed by atoms with E-state index in [0.29, 0.717) is 24.3 Å². The van der Waals surface area contributed by atoms with E-state index >= 15 is 0 Å². The molecule has 0 saturated carbocycles. The van der Waals surface area contributed by atoms with Crippen LogP contribution in [0.3, 0.4) is 0 Å². The Morgan fingerprint density at radius 2 is 2.18 bits per heavy atom. The Labute approximate surface area is 132 Å². The maximum absolute atomic E-state index is 4.96. The minimum absolute atomic E-state index is 0.482. The second kappa shape index (κ2) is 8.73. The van der Waals surface area contributed by atoms with Crippen molar-refractivity contribution in [1.82, 2.24) is 25.7 Å². The van der Waals surface area contributed by atoms with Crippen molar-refractivity contribution in [1.29, 1.82) is 0 Å². The molecule has 0 spiro atoms. The lowest BCUT2D eigenvalue weighted by molar-refractivity contribution is 0.203. The van der Waals surface area contributed by atoms with E-state index in [0.717, 1.165) is 18.8 Å². The molecule has 1 aliphatic rings. The third-order valence-electron chi connectivity index (χ3n) is 3.96. The van der Waals surface area contributed by atoms with E-state index in [1.807, 2.05) is 0 Å². The third-order valence-corrected chi connectivity index (χ3v) is 3.96. The van der Waals surface area contributed by atoms with Gasteiger partial charge in [-0.05, 0) is 25.8 Å². The highest BCUT2D eigenvalue weighted by Gasteiger charge is 2.19. The zero-order valence-corrected chi connectivity index (χ0v) is 13.9. The molecule has 0 amide bonds. The molecule has 2 N–H and O–H groups in total. The molecule has 1 saturated heterocycles. The molecule has 1 aromatic heterocycles. The number of nitrogens with one attached hydrogen (secondary N) is 2. The molecule has 2 heterocycles. The van der Waals surface area contributed by atoms with Gasteiger partial charge in [-0.25, -0.2) is 0 Å². The summed E-state index contributed by atoms with van der Waals surface area (Å²) in [5.74, 6) is 2.03. The number of guanidine groups is 1. The highest BCUT2D eigenvalue weighted by atomic mass is 16.5. The SMILES string of the molecule is CCCCN1CCC(NC(=NC)NCc2noc(C)n2)CC1. The van der Waals surface area contributed by atoms with Crippen LogP contribution >= 0.6 is 0 Å². The second-order valence-electron chi connectivity index (χ2n) is 5.77. The summed E-state index contributed by atoms with van der Waals surface area (Å²) in [5, 5.41) is 10.6. The number of aromatic nitrogens is 2. The van der Waals surface area contributed by atoms with Crippen LogP contribution in [0.25, 0.3) is 0 Å². The number of unbranched alkanes of at least 4 members (excludes halogenated alkanes) is 1. The van der Waals surface area contributed by atoms with Gasteiger partial charge in [0.2, 0.25) is 5.89 Å². The second-order valence-corrected chi connectivity index (χ2v) is 5.77. The van der Waals surface area contributed by atoms with Crippen LogP contribution in [0.15, 0.2) is 9.52 Å². The molecule has 0 atom stereocenters. The van der Waals surface area contributed by atoms with Gasteiger partial charge >= 0.3 is 0 Å². The summed E-state index contributed by atoms with van der Waals surface area (Å²) in [6.07, 6.45) is 4.88. The number of nitrogens with zero attached hydrogens (tertiary/aromatic N) is 4. The molecule has 1 fully saturated rings. The first-order chi connectivity index (χ1) is 10.7. The lowest BCUT2D eigenvalue weighted by Gasteiger charge is -2.33. The molecule has 2 rings (SSSR count). The highest BCUT2D eigenvalue weighted by Crippen LogP contribution is 2.11. The molecule has 0 radical (unpaired) electrons. The van der Waals surface area contributed by atoms with Crippen LogP contribution in [0, 0.1) is 6.92 Å². The van der Waals surface area contributed by atoms with E-state index in [2.05, 4.69) is 37.6 Å². The van der Waals surface area contributed by atoms with E-state index in [1.54, 1.807) is 14.0 Å². The average molecular weight is 308 g/mol. The Morgan fingerprint density at radius 1 is 1.41 bits per heavy atom. The van der Waals surface area contributed by atoms with Gasteiger partial charge in [-0.3, -0.25) is 4.99 Å². The van der Waals surface area contributed by atoms with Crippen molar-refractivity contribution in [2.75, 3.05) is 26.7 Å². The predicted octanol–water partition coefficient (Wildman–Crippen LogP) is 1.31. The van der Waals surface area contributed by atoms with Gasteiger partial charge in [-0.2, -0.15) is 4.98 Å². The number of piperidine rings is 1. The fraction of sp³-hybridized carbons (Fsp3) is 0.800. The molecule has 7 nitrogen and oxygen atoms in total. The van der Waals surface area contributed by atoms with Gasteiger partial charge in [0.1, 0.15) is 0 Å². The molecule has 0 unspecified atom stereocenters. The first kappa shape index (κ1) is 16.7. The van der Waals surface area contributed by atoms with E-state index in [1.165, 1.54) is 32.5 Å². The molecular weight excluding hydrogens is 280 g/mol. The van der Waals surface area contributed by atoms with Crippen LogP contribution in [0.4, 0.5) is 0 Å². The van der Waals surface area contributed by atoms with Gasteiger partial charge in [0.05, 0.1) is 6.54 Å². The monoisotopic (exact) mass is 308 g/mol. The minimum atomic E-state index is 0.482. The van der Waals surface area contributed by atoms with Gasteiger partial charge in [-0.1, -0.05) is 18.5 Å². The first-order valence-corrected chi connectivity index (χ1v) is 8.20. The van der Waals surface area contributed by atoms with Crippen LogP contribution in [0.2, 0.25) is 0 Å². The van der Waals surface area contributed by atoms with Gasteiger partial charge in [-0.15, -0.1) is 0 Å². The molecule has 22 heavy (non-hydrogen) atoms. The Hall–Kier alpha value is -1.63. The molecule has 0 aromatic carbocycles. The van der Waals surface area contributed by atoms with Gasteiger partial charge < -0.3 is 20.1 Å². The normalized spacial score (nSPS) is 17.7. The van der Waals surface area contributed by atoms with Crippen molar-refractivity contribution < 1.29 is 4.52 Å². The lowest BCUT2D eigenvalue weighted by Crippen LogP contribution is -2.48. The first-order valence-electron chi connectivity index (χ1n) is 8.20. The smallest absolute Gasteiger partial charge is 0.223 e. The summed E-state index contributed by atoms with van der Waals surface area (Å²) in [6, 6.07) is 0.482. The van der Waals surface area contributed by atoms with Gasteiger partial charge in [0, 0.05) is 33.1 Å². The summed E-state index contributed by atoms with van der Waals surface area (Å²) >= 11 is 0. The van der Waals surface area contributed by atoms with Crippen LogP contribution in [0.5, 0.6) is 0 Å². The third kappa shape index (κ3) is 5.29. The van der Waals surface area contributed by atoms with Gasteiger partial charge in [0.15, 0.2) is 11.8 Å². The summed E-state index contributed by atoms with van der Waals surface area (Å²) in [6.45, 7) is 8.11. The lowest BCUT2D eigenvalue weighted by atomic mass is 10.0. The van der Waals surface area contributed by atoms with Crippen LogP contribution in [-0.4, -0.2) is 53.7 Å². The molecule has 1 aliphatic heterocycles. The van der Waals surface area contributed by atoms with Gasteiger partial charge in [0.25, 0.3) is 0 Å². The Kier molecular flexibility index (Phi) is 6.64. The van der Waals surface area contributed by atoms with Crippen LogP contribution < -0.4 is 10.6 Å². The molecule has 0 aliphatic carbocycles. The summed E-state index contributed by atoms with van der Waals surface area (Å²) in [4.78, 5) is 11.0. The summed E-state index contributed by atoms with van der Waals surface area (Å²) in [7, 11) is 1.78. The molecule has 1 aromatic rings. The highest BCUT2D eigenvalue weighted by molar-refractivity contribution is 5.79. The van der Waals surface area contributed by atoms with Crippen molar-refractivity contribution in [3.63, 3.8) is 0 Å². The zero-order valence-electron chi connectivity index (χ0n) is 13.9. The number of likely N-dealkylation sites (tertiary alicyclic amines) is 1. The standard InChI is InChI=1S/C15H28N6O/c1-4-5-8-21-9-6-13(7-10-21)19-15(16-3)17-11-14-18-12(2)22-20-14/h13H,4-11H2,1-3H3,(H2,16,17,19). The minimum Gasteiger partial charge on any atom is -0.354 e. The Bertz CT molecular complexity index is 464. The number of hydrogen-bond acceptors (Lipinski definition) is 5. The molecule has 0 bridgehead atoms. The number of hydrogen-bond donors (Lipinski definition) is 2.